The van der Waals surface area contributed by atoms with Crippen LogP contribution in [0.2, 0.25) is 0 Å². The standard InChI is InChI=1S/C71H67N/c1-68(2,3)47-34-26-43(27-35-47)51-18-13-14-19-55(51)61-56-23-15-20-53(45-30-38-49(39-31-45)70(7,8)9)63(56)65-57(61)42-58-62-52(44-28-36-48(37-29-44)69(4,5)6)21-16-24-59(62)72-60-25-17-22-54(64(60)66(65)67(58)72)46-32-40-50(41-33-46)71(10,11)12/h13-42,61H,1-12H3. The van der Waals surface area contributed by atoms with Crippen LogP contribution in [0.3, 0.4) is 0 Å². The minimum absolute atomic E-state index is 0.0261. The molecule has 1 aliphatic rings. The van der Waals surface area contributed by atoms with E-state index in [1.165, 1.54) is 133 Å². The van der Waals surface area contributed by atoms with Crippen LogP contribution in [0.5, 0.6) is 0 Å². The van der Waals surface area contributed by atoms with Crippen LogP contribution in [0.15, 0.2) is 182 Å². The fourth-order valence-electron chi connectivity index (χ4n) is 12.2. The monoisotopic (exact) mass is 934 g/mol. The molecule has 0 fully saturated rings. The SMILES string of the molecule is CC(C)(C)c1ccc(-c2ccccc2C2c3cccc(-c4ccc(C(C)(C)C)cc4)c3-c3c2cc2c4c(-c5ccc(C(C)(C)C)cc5)cccc4n4c5cccc(-c6ccc(C(C)(C)C)cc6)c5c3c24)cc1. The third-order valence-corrected chi connectivity index (χ3v) is 16.1. The van der Waals surface area contributed by atoms with Crippen molar-refractivity contribution in [1.29, 1.82) is 0 Å². The van der Waals surface area contributed by atoms with Crippen LogP contribution < -0.4 is 0 Å². The molecule has 1 nitrogen and oxygen atoms in total. The molecule has 11 aromatic rings. The van der Waals surface area contributed by atoms with Crippen LogP contribution in [0, 0.1) is 0 Å². The largest absolute Gasteiger partial charge is 0.308 e. The summed E-state index contributed by atoms with van der Waals surface area (Å²) in [5.74, 6) is -0.0261. The summed E-state index contributed by atoms with van der Waals surface area (Å²) in [5, 5.41) is 5.27. The zero-order valence-corrected chi connectivity index (χ0v) is 44.3. The smallest absolute Gasteiger partial charge is 0.0627 e. The van der Waals surface area contributed by atoms with Crippen molar-refractivity contribution < 1.29 is 0 Å². The predicted molar refractivity (Wildman–Crippen MR) is 310 cm³/mol. The molecule has 0 bridgehead atoms. The fraction of sp³-hybridized carbons (Fsp3) is 0.239. The van der Waals surface area contributed by atoms with Crippen LogP contribution in [-0.2, 0) is 21.7 Å². The molecule has 1 unspecified atom stereocenters. The number of nitrogens with zero attached hydrogens (tertiary/aromatic N) is 1. The van der Waals surface area contributed by atoms with Gasteiger partial charge < -0.3 is 4.40 Å². The quantitative estimate of drug-likeness (QED) is 0.162. The molecule has 9 aromatic carbocycles. The van der Waals surface area contributed by atoms with Gasteiger partial charge in [0.2, 0.25) is 0 Å². The summed E-state index contributed by atoms with van der Waals surface area (Å²) in [6, 6.07) is 70.6. The molecule has 0 aliphatic heterocycles. The summed E-state index contributed by atoms with van der Waals surface area (Å²) in [6.45, 7) is 27.6. The minimum Gasteiger partial charge on any atom is -0.308 e. The summed E-state index contributed by atoms with van der Waals surface area (Å²) >= 11 is 0. The lowest BCUT2D eigenvalue weighted by Crippen LogP contribution is -2.10. The highest BCUT2D eigenvalue weighted by molar-refractivity contribution is 6.32. The van der Waals surface area contributed by atoms with Crippen molar-refractivity contribution in [2.75, 3.05) is 0 Å². The lowest BCUT2D eigenvalue weighted by Gasteiger charge is -2.22. The van der Waals surface area contributed by atoms with Crippen molar-refractivity contribution in [1.82, 2.24) is 4.40 Å². The van der Waals surface area contributed by atoms with Crippen molar-refractivity contribution >= 4 is 38.1 Å². The van der Waals surface area contributed by atoms with E-state index in [0.29, 0.717) is 0 Å². The van der Waals surface area contributed by atoms with E-state index in [0.717, 1.165) is 0 Å². The highest BCUT2D eigenvalue weighted by atomic mass is 14.9. The van der Waals surface area contributed by atoms with Crippen molar-refractivity contribution in [3.05, 3.63) is 221 Å². The number of fused-ring (bicyclic) bond motifs is 10. The maximum absolute atomic E-state index is 2.63. The molecule has 0 saturated heterocycles. The van der Waals surface area contributed by atoms with Crippen LogP contribution >= 0.6 is 0 Å². The Balaban J connectivity index is 1.24. The van der Waals surface area contributed by atoms with Gasteiger partial charge in [-0.3, -0.25) is 0 Å². The maximum Gasteiger partial charge on any atom is 0.0627 e. The minimum atomic E-state index is -0.0261. The summed E-state index contributed by atoms with van der Waals surface area (Å²) < 4.78 is 2.62. The van der Waals surface area contributed by atoms with Gasteiger partial charge in [-0.15, -0.1) is 0 Å². The van der Waals surface area contributed by atoms with Crippen molar-refractivity contribution in [2.24, 2.45) is 0 Å². The van der Waals surface area contributed by atoms with Crippen LogP contribution in [0.1, 0.15) is 128 Å². The van der Waals surface area contributed by atoms with Gasteiger partial charge in [0, 0.05) is 27.5 Å². The molecule has 2 heterocycles. The highest BCUT2D eigenvalue weighted by Crippen LogP contribution is 2.59. The molecular formula is C71H67N. The lowest BCUT2D eigenvalue weighted by molar-refractivity contribution is 0.590. The Bertz CT molecular complexity index is 3880. The summed E-state index contributed by atoms with van der Waals surface area (Å²) in [5.41, 5.74) is 26.2. The number of hydrogen-bond donors (Lipinski definition) is 0. The molecule has 12 rings (SSSR count). The second kappa shape index (κ2) is 16.1. The van der Waals surface area contributed by atoms with Gasteiger partial charge in [-0.1, -0.05) is 247 Å². The molecule has 72 heavy (non-hydrogen) atoms. The normalized spacial score (nSPS) is 14.2. The van der Waals surface area contributed by atoms with Crippen molar-refractivity contribution in [3.8, 4) is 55.6 Å². The fourth-order valence-corrected chi connectivity index (χ4v) is 12.2. The van der Waals surface area contributed by atoms with Gasteiger partial charge in [0.25, 0.3) is 0 Å². The molecular weight excluding hydrogens is 867 g/mol. The topological polar surface area (TPSA) is 4.41 Å². The Hall–Kier alpha value is -7.22. The first-order valence-corrected chi connectivity index (χ1v) is 26.2. The van der Waals surface area contributed by atoms with E-state index >= 15 is 0 Å². The Kier molecular flexibility index (Phi) is 10.3. The average Bonchev–Trinajstić information content (AvgIpc) is 4.00. The van der Waals surface area contributed by atoms with E-state index in [1.807, 2.05) is 0 Å². The van der Waals surface area contributed by atoms with Gasteiger partial charge in [0.15, 0.2) is 0 Å². The van der Waals surface area contributed by atoms with Gasteiger partial charge in [-0.2, -0.15) is 0 Å². The summed E-state index contributed by atoms with van der Waals surface area (Å²) in [4.78, 5) is 0. The Morgan fingerprint density at radius 3 is 1.17 bits per heavy atom. The second-order valence-corrected chi connectivity index (χ2v) is 24.9. The van der Waals surface area contributed by atoms with Gasteiger partial charge >= 0.3 is 0 Å². The Labute approximate surface area is 427 Å². The molecule has 356 valence electrons. The molecule has 0 N–H and O–H groups in total. The average molecular weight is 934 g/mol. The molecule has 0 radical (unpaired) electrons. The zero-order valence-electron chi connectivity index (χ0n) is 44.3. The molecule has 0 amide bonds. The summed E-state index contributed by atoms with van der Waals surface area (Å²) in [7, 11) is 0. The predicted octanol–water partition coefficient (Wildman–Crippen LogP) is 19.9. The molecule has 1 heteroatoms. The molecule has 0 saturated carbocycles. The number of rotatable bonds is 5. The van der Waals surface area contributed by atoms with Gasteiger partial charge in [-0.05, 0) is 134 Å². The molecule has 2 aromatic heterocycles. The van der Waals surface area contributed by atoms with E-state index in [1.54, 1.807) is 0 Å². The molecule has 1 atom stereocenters. The van der Waals surface area contributed by atoms with Crippen LogP contribution in [0.4, 0.5) is 0 Å². The molecule has 1 aliphatic carbocycles. The van der Waals surface area contributed by atoms with E-state index in [-0.39, 0.29) is 27.6 Å². The Morgan fingerprint density at radius 1 is 0.306 bits per heavy atom. The Morgan fingerprint density at radius 2 is 0.681 bits per heavy atom. The van der Waals surface area contributed by atoms with Gasteiger partial charge in [-0.25, -0.2) is 0 Å². The van der Waals surface area contributed by atoms with Gasteiger partial charge in [0.1, 0.15) is 0 Å². The molecule has 0 spiro atoms. The van der Waals surface area contributed by atoms with Crippen LogP contribution in [-0.4, -0.2) is 4.40 Å². The van der Waals surface area contributed by atoms with Crippen LogP contribution in [0.25, 0.3) is 93.7 Å². The lowest BCUT2D eigenvalue weighted by atomic mass is 9.82. The first kappa shape index (κ1) is 45.9. The van der Waals surface area contributed by atoms with E-state index in [2.05, 4.69) is 269 Å². The van der Waals surface area contributed by atoms with Gasteiger partial charge in [0.05, 0.1) is 16.6 Å². The highest BCUT2D eigenvalue weighted by Gasteiger charge is 2.38. The first-order valence-electron chi connectivity index (χ1n) is 26.2. The van der Waals surface area contributed by atoms with E-state index in [9.17, 15) is 0 Å². The first-order chi connectivity index (χ1) is 34.3. The third kappa shape index (κ3) is 7.25. The third-order valence-electron chi connectivity index (χ3n) is 16.1. The second-order valence-electron chi connectivity index (χ2n) is 24.9. The van der Waals surface area contributed by atoms with E-state index < -0.39 is 0 Å². The van der Waals surface area contributed by atoms with Crippen molar-refractivity contribution in [2.45, 2.75) is 111 Å². The maximum atomic E-state index is 2.63. The summed E-state index contributed by atoms with van der Waals surface area (Å²) in [6.07, 6.45) is 0. The van der Waals surface area contributed by atoms with E-state index in [4.69, 9.17) is 0 Å². The number of aromatic nitrogens is 1. The zero-order chi connectivity index (χ0) is 50.2. The number of hydrogen-bond acceptors (Lipinski definition) is 0. The van der Waals surface area contributed by atoms with Crippen molar-refractivity contribution in [3.63, 3.8) is 0 Å². The number of benzene rings is 9.